The molecule has 4 aromatic rings. The first-order valence-corrected chi connectivity index (χ1v) is 12.9. The number of fused-ring (bicyclic) bond motifs is 3. The molecule has 2 heterocycles. The Morgan fingerprint density at radius 3 is 2.15 bits per heavy atom. The van der Waals surface area contributed by atoms with Crippen molar-refractivity contribution in [3.8, 4) is 17.2 Å². The molecule has 1 aliphatic heterocycles. The van der Waals surface area contributed by atoms with E-state index in [9.17, 15) is 9.59 Å². The average molecular weight is 525 g/mol. The summed E-state index contributed by atoms with van der Waals surface area (Å²) in [6.45, 7) is 3.68. The summed E-state index contributed by atoms with van der Waals surface area (Å²) in [5.74, 6) is 0.918. The van der Waals surface area contributed by atoms with Crippen LogP contribution in [-0.4, -0.2) is 48.2 Å². The number of aromatic nitrogens is 1. The van der Waals surface area contributed by atoms with E-state index in [1.165, 1.54) is 4.90 Å². The van der Waals surface area contributed by atoms with Crippen molar-refractivity contribution in [1.82, 2.24) is 9.47 Å². The summed E-state index contributed by atoms with van der Waals surface area (Å²) in [6.07, 6.45) is 2.02. The van der Waals surface area contributed by atoms with E-state index >= 15 is 0 Å². The van der Waals surface area contributed by atoms with Gasteiger partial charge in [0.25, 0.3) is 0 Å². The Hall–Kier alpha value is -4.72. The number of methoxy groups -OCH3 is 2. The van der Waals surface area contributed by atoms with E-state index in [1.54, 1.807) is 32.4 Å². The number of nitrogens with one attached hydrogen (secondary N) is 1. The molecule has 3 amide bonds. The lowest BCUT2D eigenvalue weighted by Gasteiger charge is -2.40. The number of para-hydroxylation sites is 2. The Morgan fingerprint density at radius 2 is 1.51 bits per heavy atom. The second-order valence-corrected chi connectivity index (χ2v) is 9.62. The predicted octanol–water partition coefficient (Wildman–Crippen LogP) is 5.87. The number of hydrogen-bond acceptors (Lipinski definition) is 4. The van der Waals surface area contributed by atoms with Crippen LogP contribution in [0.25, 0.3) is 5.69 Å². The highest BCUT2D eigenvalue weighted by Gasteiger charge is 2.37. The molecular weight excluding hydrogens is 492 g/mol. The van der Waals surface area contributed by atoms with Crippen molar-refractivity contribution in [3.63, 3.8) is 0 Å². The molecule has 0 saturated heterocycles. The van der Waals surface area contributed by atoms with E-state index in [0.29, 0.717) is 17.2 Å². The Balaban J connectivity index is 1.48. The molecular formula is C31H32N4O4. The van der Waals surface area contributed by atoms with Crippen LogP contribution in [0.3, 0.4) is 0 Å². The first kappa shape index (κ1) is 25.9. The Kier molecular flexibility index (Phi) is 7.27. The summed E-state index contributed by atoms with van der Waals surface area (Å²) in [7, 11) is 3.10. The zero-order valence-corrected chi connectivity index (χ0v) is 22.5. The summed E-state index contributed by atoms with van der Waals surface area (Å²) in [6, 6.07) is 26.0. The molecule has 1 atom stereocenters. The topological polar surface area (TPSA) is 76.0 Å². The number of amides is 3. The second kappa shape index (κ2) is 10.9. The lowest BCUT2D eigenvalue weighted by atomic mass is 9.97. The van der Waals surface area contributed by atoms with Crippen molar-refractivity contribution in [2.24, 2.45) is 0 Å². The Bertz CT molecular complexity index is 1460. The highest BCUT2D eigenvalue weighted by Crippen LogP contribution is 2.42. The van der Waals surface area contributed by atoms with Crippen molar-refractivity contribution in [2.45, 2.75) is 25.9 Å². The monoisotopic (exact) mass is 524 g/mol. The van der Waals surface area contributed by atoms with Gasteiger partial charge in [0.2, 0.25) is 5.91 Å². The number of rotatable bonds is 7. The third-order valence-electron chi connectivity index (χ3n) is 6.90. The third kappa shape index (κ3) is 5.05. The van der Waals surface area contributed by atoms with Gasteiger partial charge in [0.05, 0.1) is 31.3 Å². The van der Waals surface area contributed by atoms with Crippen molar-refractivity contribution in [2.75, 3.05) is 31.0 Å². The Morgan fingerprint density at radius 1 is 0.872 bits per heavy atom. The fourth-order valence-corrected chi connectivity index (χ4v) is 5.00. The van der Waals surface area contributed by atoms with E-state index in [0.717, 1.165) is 22.6 Å². The summed E-state index contributed by atoms with van der Waals surface area (Å²) in [5.41, 5.74) is 4.20. The quantitative estimate of drug-likeness (QED) is 0.328. The molecule has 8 heteroatoms. The molecule has 200 valence electrons. The highest BCUT2D eigenvalue weighted by atomic mass is 16.5. The maximum Gasteiger partial charge on any atom is 0.322 e. The van der Waals surface area contributed by atoms with Gasteiger partial charge < -0.3 is 24.3 Å². The van der Waals surface area contributed by atoms with Gasteiger partial charge in [0, 0.05) is 36.1 Å². The number of hydrogen-bond donors (Lipinski definition) is 1. The maximum absolute atomic E-state index is 14.2. The number of benzene rings is 3. The van der Waals surface area contributed by atoms with Crippen LogP contribution < -0.4 is 19.7 Å². The molecule has 3 aromatic carbocycles. The van der Waals surface area contributed by atoms with Crippen molar-refractivity contribution in [1.29, 1.82) is 0 Å². The predicted molar refractivity (Wildman–Crippen MR) is 152 cm³/mol. The van der Waals surface area contributed by atoms with E-state index in [2.05, 4.69) is 9.88 Å². The average Bonchev–Trinajstić information content (AvgIpc) is 3.45. The van der Waals surface area contributed by atoms with Gasteiger partial charge in [-0.05, 0) is 43.7 Å². The lowest BCUT2D eigenvalue weighted by molar-refractivity contribution is -0.119. The third-order valence-corrected chi connectivity index (χ3v) is 6.90. The van der Waals surface area contributed by atoms with Crippen LogP contribution in [0, 0.1) is 0 Å². The van der Waals surface area contributed by atoms with Crippen LogP contribution in [0.1, 0.15) is 31.1 Å². The number of carbonyl (C=O) groups is 2. The number of nitrogens with zero attached hydrogens (tertiary/aromatic N) is 3. The molecule has 0 fully saturated rings. The van der Waals surface area contributed by atoms with Gasteiger partial charge in [-0.25, -0.2) is 4.79 Å². The highest BCUT2D eigenvalue weighted by molar-refractivity contribution is 6.01. The summed E-state index contributed by atoms with van der Waals surface area (Å²) < 4.78 is 12.8. The van der Waals surface area contributed by atoms with Gasteiger partial charge in [0.1, 0.15) is 24.1 Å². The van der Waals surface area contributed by atoms with Gasteiger partial charge >= 0.3 is 6.03 Å². The van der Waals surface area contributed by atoms with E-state index in [-0.39, 0.29) is 24.5 Å². The number of carbonyl (C=O) groups excluding carboxylic acids is 2. The molecule has 1 aliphatic rings. The number of ether oxygens (including phenoxy) is 2. The van der Waals surface area contributed by atoms with Crippen LogP contribution in [0.15, 0.2) is 91.1 Å². The van der Waals surface area contributed by atoms with Gasteiger partial charge in [0.15, 0.2) is 0 Å². The van der Waals surface area contributed by atoms with Crippen LogP contribution in [0.5, 0.6) is 11.5 Å². The van der Waals surface area contributed by atoms with Crippen molar-refractivity contribution in [3.05, 3.63) is 102 Å². The summed E-state index contributed by atoms with van der Waals surface area (Å²) in [4.78, 5) is 31.0. The molecule has 39 heavy (non-hydrogen) atoms. The standard InChI is InChI=1S/C31H32N4O4/c1-21(2)34(31(37)32-23-17-24(38-3)19-25(18-23)39-4)20-29(36)35-27-14-9-8-13-26(27)33-16-10-15-28(33)30(35)22-11-6-5-7-12-22/h5-19,21,30H,20H2,1-4H3,(H,32,37)/t30-/m0/s1. The summed E-state index contributed by atoms with van der Waals surface area (Å²) in [5, 5.41) is 2.91. The van der Waals surface area contributed by atoms with Gasteiger partial charge in [-0.2, -0.15) is 0 Å². The smallest absolute Gasteiger partial charge is 0.322 e. The largest absolute Gasteiger partial charge is 0.497 e. The van der Waals surface area contributed by atoms with Crippen LogP contribution in [0.2, 0.25) is 0 Å². The van der Waals surface area contributed by atoms with E-state index in [1.807, 2.05) is 91.7 Å². The van der Waals surface area contributed by atoms with Crippen LogP contribution >= 0.6 is 0 Å². The molecule has 0 bridgehead atoms. The minimum atomic E-state index is -0.390. The minimum Gasteiger partial charge on any atom is -0.497 e. The van der Waals surface area contributed by atoms with E-state index in [4.69, 9.17) is 9.47 Å². The zero-order valence-electron chi connectivity index (χ0n) is 22.5. The Labute approximate surface area is 228 Å². The minimum absolute atomic E-state index is 0.108. The normalized spacial score (nSPS) is 13.9. The molecule has 0 aliphatic carbocycles. The molecule has 0 radical (unpaired) electrons. The number of anilines is 2. The molecule has 1 N–H and O–H groups in total. The number of urea groups is 1. The van der Waals surface area contributed by atoms with Crippen LogP contribution in [0.4, 0.5) is 16.2 Å². The maximum atomic E-state index is 14.2. The summed E-state index contributed by atoms with van der Waals surface area (Å²) >= 11 is 0. The second-order valence-electron chi connectivity index (χ2n) is 9.62. The fourth-order valence-electron chi connectivity index (χ4n) is 5.00. The first-order valence-electron chi connectivity index (χ1n) is 12.9. The molecule has 1 aromatic heterocycles. The van der Waals surface area contributed by atoms with Gasteiger partial charge in [-0.3, -0.25) is 9.69 Å². The fraction of sp³-hybridized carbons (Fsp3) is 0.226. The van der Waals surface area contributed by atoms with Gasteiger partial charge in [-0.1, -0.05) is 42.5 Å². The molecule has 0 saturated carbocycles. The molecule has 5 rings (SSSR count). The van der Waals surface area contributed by atoms with Crippen molar-refractivity contribution >= 4 is 23.3 Å². The first-order chi connectivity index (χ1) is 18.9. The SMILES string of the molecule is COc1cc(NC(=O)N(CC(=O)N2c3ccccc3-n3cccc3[C@@H]2c2ccccc2)C(C)C)cc(OC)c1. The molecule has 8 nitrogen and oxygen atoms in total. The van der Waals surface area contributed by atoms with Crippen molar-refractivity contribution < 1.29 is 19.1 Å². The van der Waals surface area contributed by atoms with Crippen LogP contribution in [-0.2, 0) is 4.79 Å². The molecule has 0 spiro atoms. The lowest BCUT2D eigenvalue weighted by Crippen LogP contribution is -2.49. The zero-order chi connectivity index (χ0) is 27.5. The van der Waals surface area contributed by atoms with E-state index < -0.39 is 6.03 Å². The molecule has 0 unspecified atom stereocenters. The van der Waals surface area contributed by atoms with Gasteiger partial charge in [-0.15, -0.1) is 0 Å².